The van der Waals surface area contributed by atoms with E-state index in [9.17, 15) is 9.59 Å². The fourth-order valence-corrected chi connectivity index (χ4v) is 3.58. The number of carbonyl (C=O) groups excluding carboxylic acids is 2. The van der Waals surface area contributed by atoms with Gasteiger partial charge in [-0.2, -0.15) is 0 Å². The molecule has 0 unspecified atom stereocenters. The molecule has 0 radical (unpaired) electrons. The zero-order chi connectivity index (χ0) is 19.2. The van der Waals surface area contributed by atoms with E-state index in [2.05, 4.69) is 0 Å². The number of hydrogen-bond acceptors (Lipinski definition) is 4. The molecule has 0 spiro atoms. The van der Waals surface area contributed by atoms with E-state index in [4.69, 9.17) is 4.74 Å². The van der Waals surface area contributed by atoms with Crippen molar-refractivity contribution in [3.8, 4) is 11.1 Å². The van der Waals surface area contributed by atoms with Crippen molar-refractivity contribution in [2.24, 2.45) is 0 Å². The molecule has 138 valence electrons. The van der Waals surface area contributed by atoms with E-state index in [1.165, 1.54) is 0 Å². The fraction of sp³-hybridized carbons (Fsp3) is 0.182. The summed E-state index contributed by atoms with van der Waals surface area (Å²) in [5.74, 6) is -0.722. The number of nitrogens with zero attached hydrogens (tertiary/aromatic N) is 1. The third-order valence-electron chi connectivity index (χ3n) is 4.33. The van der Waals surface area contributed by atoms with Crippen LogP contribution in [-0.4, -0.2) is 30.4 Å². The Morgan fingerprint density at radius 3 is 2.26 bits per heavy atom. The number of benzene rings is 2. The Balaban J connectivity index is 1.54. The molecule has 2 aromatic carbocycles. The lowest BCUT2D eigenvalue weighted by atomic mass is 10.0. The molecule has 27 heavy (non-hydrogen) atoms. The van der Waals surface area contributed by atoms with Gasteiger partial charge in [-0.05, 0) is 47.2 Å². The summed E-state index contributed by atoms with van der Waals surface area (Å²) < 4.78 is 5.18. The molecule has 0 aliphatic heterocycles. The number of thiophene rings is 1. The van der Waals surface area contributed by atoms with Gasteiger partial charge in [0.15, 0.2) is 6.61 Å². The topological polar surface area (TPSA) is 46.6 Å². The van der Waals surface area contributed by atoms with Crippen LogP contribution in [-0.2, 0) is 16.1 Å². The second-order valence-corrected chi connectivity index (χ2v) is 7.30. The first kappa shape index (κ1) is 18.9. The Kier molecular flexibility index (Phi) is 6.04. The van der Waals surface area contributed by atoms with E-state index < -0.39 is 5.97 Å². The normalized spacial score (nSPS) is 10.4. The van der Waals surface area contributed by atoms with Gasteiger partial charge >= 0.3 is 5.97 Å². The first-order valence-electron chi connectivity index (χ1n) is 8.64. The molecule has 3 aromatic rings. The smallest absolute Gasteiger partial charge is 0.338 e. The fourth-order valence-electron chi connectivity index (χ4n) is 2.62. The summed E-state index contributed by atoms with van der Waals surface area (Å²) in [4.78, 5) is 27.1. The van der Waals surface area contributed by atoms with Crippen LogP contribution in [0, 0.1) is 6.92 Å². The number of amides is 1. The maximum Gasteiger partial charge on any atom is 0.338 e. The second-order valence-electron chi connectivity index (χ2n) is 6.30. The van der Waals surface area contributed by atoms with Crippen LogP contribution in [0.25, 0.3) is 11.1 Å². The van der Waals surface area contributed by atoms with E-state index in [-0.39, 0.29) is 12.5 Å². The third-order valence-corrected chi connectivity index (χ3v) is 5.34. The molecule has 1 aromatic heterocycles. The highest BCUT2D eigenvalue weighted by atomic mass is 32.1. The number of likely N-dealkylation sites (N-methyl/N-ethyl adjacent to an activating group) is 1. The molecule has 1 heterocycles. The molecule has 0 saturated heterocycles. The van der Waals surface area contributed by atoms with Gasteiger partial charge in [-0.3, -0.25) is 4.79 Å². The predicted molar refractivity (Wildman–Crippen MR) is 108 cm³/mol. The molecule has 0 N–H and O–H groups in total. The van der Waals surface area contributed by atoms with Crippen LogP contribution >= 0.6 is 11.3 Å². The van der Waals surface area contributed by atoms with Crippen LogP contribution in [0.2, 0.25) is 0 Å². The van der Waals surface area contributed by atoms with Crippen molar-refractivity contribution < 1.29 is 14.3 Å². The van der Waals surface area contributed by atoms with Gasteiger partial charge in [0.1, 0.15) is 0 Å². The molecule has 1 amide bonds. The zero-order valence-corrected chi connectivity index (χ0v) is 16.2. The zero-order valence-electron chi connectivity index (χ0n) is 15.3. The van der Waals surface area contributed by atoms with Gasteiger partial charge in [-0.1, -0.05) is 42.5 Å². The summed E-state index contributed by atoms with van der Waals surface area (Å²) >= 11 is 1.61. The van der Waals surface area contributed by atoms with Gasteiger partial charge in [0.2, 0.25) is 0 Å². The molecule has 3 rings (SSSR count). The van der Waals surface area contributed by atoms with Crippen molar-refractivity contribution in [3.05, 3.63) is 82.0 Å². The Morgan fingerprint density at radius 2 is 1.63 bits per heavy atom. The average molecular weight is 379 g/mol. The van der Waals surface area contributed by atoms with Gasteiger partial charge in [0.25, 0.3) is 5.91 Å². The minimum absolute atomic E-state index is 0.225. The van der Waals surface area contributed by atoms with Gasteiger partial charge in [0.05, 0.1) is 12.1 Å². The Morgan fingerprint density at radius 1 is 0.963 bits per heavy atom. The van der Waals surface area contributed by atoms with Crippen LogP contribution in [0.15, 0.2) is 66.0 Å². The van der Waals surface area contributed by atoms with Gasteiger partial charge < -0.3 is 9.64 Å². The van der Waals surface area contributed by atoms with Crippen molar-refractivity contribution in [2.75, 3.05) is 13.7 Å². The summed E-state index contributed by atoms with van der Waals surface area (Å²) in [7, 11) is 1.71. The lowest BCUT2D eigenvalue weighted by Crippen LogP contribution is -2.30. The first-order valence-corrected chi connectivity index (χ1v) is 9.52. The molecule has 0 bridgehead atoms. The van der Waals surface area contributed by atoms with E-state index >= 15 is 0 Å². The number of carbonyl (C=O) groups is 2. The highest BCUT2D eigenvalue weighted by Gasteiger charge is 2.15. The largest absolute Gasteiger partial charge is 0.452 e. The molecular formula is C22H21NO3S. The minimum Gasteiger partial charge on any atom is -0.452 e. The van der Waals surface area contributed by atoms with Crippen LogP contribution in [0.5, 0.6) is 0 Å². The Labute approximate surface area is 163 Å². The number of rotatable bonds is 6. The van der Waals surface area contributed by atoms with Crippen molar-refractivity contribution in [3.63, 3.8) is 0 Å². The van der Waals surface area contributed by atoms with Crippen molar-refractivity contribution in [1.82, 2.24) is 4.90 Å². The predicted octanol–water partition coefficient (Wildman–Crippen LogP) is 4.54. The lowest BCUT2D eigenvalue weighted by Gasteiger charge is -2.16. The van der Waals surface area contributed by atoms with Crippen molar-refractivity contribution >= 4 is 23.2 Å². The van der Waals surface area contributed by atoms with Gasteiger partial charge in [-0.25, -0.2) is 4.79 Å². The van der Waals surface area contributed by atoms with Crippen LogP contribution < -0.4 is 0 Å². The standard InChI is InChI=1S/C22H21NO3S/c1-16-12-13-27-20(16)14-23(2)21(24)15-26-22(25)19-10-8-18(9-11-19)17-6-4-3-5-7-17/h3-13H,14-15H2,1-2H3. The summed E-state index contributed by atoms with van der Waals surface area (Å²) in [6, 6.07) is 19.1. The molecular weight excluding hydrogens is 358 g/mol. The van der Waals surface area contributed by atoms with E-state index in [0.29, 0.717) is 12.1 Å². The van der Waals surface area contributed by atoms with Crippen molar-refractivity contribution in [2.45, 2.75) is 13.5 Å². The SMILES string of the molecule is Cc1ccsc1CN(C)C(=O)COC(=O)c1ccc(-c2ccccc2)cc1. The van der Waals surface area contributed by atoms with Crippen LogP contribution in [0.3, 0.4) is 0 Å². The molecule has 4 nitrogen and oxygen atoms in total. The summed E-state index contributed by atoms with van der Waals surface area (Å²) in [5, 5.41) is 2.00. The first-order chi connectivity index (χ1) is 13.0. The van der Waals surface area contributed by atoms with E-state index in [1.807, 2.05) is 60.8 Å². The summed E-state index contributed by atoms with van der Waals surface area (Å²) in [6.07, 6.45) is 0. The third kappa shape index (κ3) is 4.83. The Hall–Kier alpha value is -2.92. The lowest BCUT2D eigenvalue weighted by molar-refractivity contribution is -0.133. The Bertz CT molecular complexity index is 916. The second kappa shape index (κ2) is 8.64. The van der Waals surface area contributed by atoms with Gasteiger partial charge in [0, 0.05) is 11.9 Å². The van der Waals surface area contributed by atoms with Crippen molar-refractivity contribution in [1.29, 1.82) is 0 Å². The highest BCUT2D eigenvalue weighted by molar-refractivity contribution is 7.10. The number of aryl methyl sites for hydroxylation is 1. The number of hydrogen-bond donors (Lipinski definition) is 0. The van der Waals surface area contributed by atoms with Gasteiger partial charge in [-0.15, -0.1) is 11.3 Å². The number of esters is 1. The molecule has 0 saturated carbocycles. The molecule has 0 aliphatic carbocycles. The monoisotopic (exact) mass is 379 g/mol. The maximum absolute atomic E-state index is 12.2. The molecule has 0 aliphatic rings. The summed E-state index contributed by atoms with van der Waals surface area (Å²) in [6.45, 7) is 2.27. The molecule has 5 heteroatoms. The molecule has 0 atom stereocenters. The quantitative estimate of drug-likeness (QED) is 0.591. The van der Waals surface area contributed by atoms with E-state index in [0.717, 1.165) is 21.6 Å². The maximum atomic E-state index is 12.2. The number of ether oxygens (including phenoxy) is 1. The molecule has 0 fully saturated rings. The van der Waals surface area contributed by atoms with Crippen LogP contribution in [0.1, 0.15) is 20.8 Å². The average Bonchev–Trinajstić information content (AvgIpc) is 3.11. The minimum atomic E-state index is -0.497. The summed E-state index contributed by atoms with van der Waals surface area (Å²) in [5.41, 5.74) is 3.70. The highest BCUT2D eigenvalue weighted by Crippen LogP contribution is 2.20. The van der Waals surface area contributed by atoms with Crippen LogP contribution in [0.4, 0.5) is 0 Å². The van der Waals surface area contributed by atoms with E-state index in [1.54, 1.807) is 35.4 Å².